The summed E-state index contributed by atoms with van der Waals surface area (Å²) in [4.78, 5) is 27.1. The van der Waals surface area contributed by atoms with Gasteiger partial charge in [0.15, 0.2) is 0 Å². The number of hydrogen-bond acceptors (Lipinski definition) is 3. The summed E-state index contributed by atoms with van der Waals surface area (Å²) in [5.74, 6) is -0.597. The molecule has 0 aromatic heterocycles. The zero-order valence-electron chi connectivity index (χ0n) is 11.0. The van der Waals surface area contributed by atoms with Crippen LogP contribution in [0.3, 0.4) is 0 Å². The second-order valence-corrected chi connectivity index (χ2v) is 5.77. The van der Waals surface area contributed by atoms with E-state index in [1.807, 2.05) is 9.80 Å². The fraction of sp³-hybridized carbons (Fsp3) is 0.846. The highest BCUT2D eigenvalue weighted by Crippen LogP contribution is 2.29. The number of piperidine rings is 1. The SMILES string of the molecule is CC1(C(=O)O)CCN(CC(=O)N2CCCCC2)C1. The molecule has 0 aliphatic carbocycles. The maximum atomic E-state index is 12.1. The lowest BCUT2D eigenvalue weighted by Gasteiger charge is -2.29. The van der Waals surface area contributed by atoms with Crippen LogP contribution in [0, 0.1) is 5.41 Å². The van der Waals surface area contributed by atoms with Crippen LogP contribution in [0.1, 0.15) is 32.6 Å². The average molecular weight is 254 g/mol. The van der Waals surface area contributed by atoms with E-state index in [1.165, 1.54) is 6.42 Å². The van der Waals surface area contributed by atoms with Crippen molar-refractivity contribution in [1.29, 1.82) is 0 Å². The van der Waals surface area contributed by atoms with Crippen molar-refractivity contribution in [2.75, 3.05) is 32.7 Å². The minimum atomic E-state index is -0.754. The van der Waals surface area contributed by atoms with E-state index >= 15 is 0 Å². The van der Waals surface area contributed by atoms with Crippen molar-refractivity contribution in [3.63, 3.8) is 0 Å². The largest absolute Gasteiger partial charge is 0.481 e. The first-order valence-electron chi connectivity index (χ1n) is 6.75. The highest BCUT2D eigenvalue weighted by atomic mass is 16.4. The number of nitrogens with zero attached hydrogens (tertiary/aromatic N) is 2. The Hall–Kier alpha value is -1.10. The van der Waals surface area contributed by atoms with Crippen molar-refractivity contribution < 1.29 is 14.7 Å². The molecule has 102 valence electrons. The van der Waals surface area contributed by atoms with Crippen LogP contribution in [0.25, 0.3) is 0 Å². The lowest BCUT2D eigenvalue weighted by molar-refractivity contribution is -0.147. The molecule has 18 heavy (non-hydrogen) atoms. The quantitative estimate of drug-likeness (QED) is 0.809. The van der Waals surface area contributed by atoms with Crippen molar-refractivity contribution >= 4 is 11.9 Å². The van der Waals surface area contributed by atoms with Crippen molar-refractivity contribution in [1.82, 2.24) is 9.80 Å². The van der Waals surface area contributed by atoms with Gasteiger partial charge in [-0.2, -0.15) is 0 Å². The third-order valence-electron chi connectivity index (χ3n) is 4.14. The molecule has 0 spiro atoms. The van der Waals surface area contributed by atoms with E-state index in [0.29, 0.717) is 26.1 Å². The number of carbonyl (C=O) groups is 2. The van der Waals surface area contributed by atoms with Gasteiger partial charge < -0.3 is 10.0 Å². The Morgan fingerprint density at radius 2 is 1.83 bits per heavy atom. The molecule has 5 nitrogen and oxygen atoms in total. The Labute approximate surface area is 108 Å². The van der Waals surface area contributed by atoms with Gasteiger partial charge in [0.05, 0.1) is 12.0 Å². The van der Waals surface area contributed by atoms with Gasteiger partial charge in [-0.05, 0) is 39.2 Å². The first kappa shape index (κ1) is 13.3. The van der Waals surface area contributed by atoms with Crippen LogP contribution >= 0.6 is 0 Å². The number of carboxylic acids is 1. The molecule has 2 heterocycles. The number of carboxylic acid groups (broad SMARTS) is 1. The van der Waals surface area contributed by atoms with Gasteiger partial charge in [0.2, 0.25) is 5.91 Å². The van der Waals surface area contributed by atoms with Crippen LogP contribution in [0.4, 0.5) is 0 Å². The Bertz CT molecular complexity index is 339. The Morgan fingerprint density at radius 3 is 2.39 bits per heavy atom. The maximum absolute atomic E-state index is 12.1. The Kier molecular flexibility index (Phi) is 3.90. The second-order valence-electron chi connectivity index (χ2n) is 5.77. The molecule has 2 rings (SSSR count). The molecule has 2 aliphatic heterocycles. The average Bonchev–Trinajstić information content (AvgIpc) is 2.73. The van der Waals surface area contributed by atoms with E-state index in [-0.39, 0.29) is 5.91 Å². The maximum Gasteiger partial charge on any atom is 0.310 e. The van der Waals surface area contributed by atoms with Crippen molar-refractivity contribution in [2.45, 2.75) is 32.6 Å². The molecule has 0 aromatic rings. The van der Waals surface area contributed by atoms with E-state index in [1.54, 1.807) is 6.92 Å². The van der Waals surface area contributed by atoms with Crippen LogP contribution in [0.15, 0.2) is 0 Å². The van der Waals surface area contributed by atoms with Gasteiger partial charge in [-0.25, -0.2) is 0 Å². The number of amides is 1. The van der Waals surface area contributed by atoms with Gasteiger partial charge in [0.25, 0.3) is 0 Å². The summed E-state index contributed by atoms with van der Waals surface area (Å²) in [6.07, 6.45) is 4.04. The molecule has 1 atom stereocenters. The summed E-state index contributed by atoms with van der Waals surface area (Å²) in [6.45, 7) is 5.07. The number of carbonyl (C=O) groups excluding carboxylic acids is 1. The van der Waals surface area contributed by atoms with Crippen molar-refractivity contribution in [3.8, 4) is 0 Å². The molecular weight excluding hydrogens is 232 g/mol. The van der Waals surface area contributed by atoms with Crippen LogP contribution in [-0.4, -0.2) is 59.5 Å². The first-order chi connectivity index (χ1) is 8.51. The Balaban J connectivity index is 1.84. The number of rotatable bonds is 3. The summed E-state index contributed by atoms with van der Waals surface area (Å²) < 4.78 is 0. The second kappa shape index (κ2) is 5.26. The zero-order valence-corrected chi connectivity index (χ0v) is 11.0. The van der Waals surface area contributed by atoms with E-state index in [9.17, 15) is 9.59 Å². The minimum Gasteiger partial charge on any atom is -0.481 e. The van der Waals surface area contributed by atoms with Crippen LogP contribution in [-0.2, 0) is 9.59 Å². The highest BCUT2D eigenvalue weighted by Gasteiger charge is 2.41. The predicted octanol–water partition coefficient (Wildman–Crippen LogP) is 0.795. The van der Waals surface area contributed by atoms with E-state index in [2.05, 4.69) is 0 Å². The summed E-state index contributed by atoms with van der Waals surface area (Å²) in [6, 6.07) is 0. The summed E-state index contributed by atoms with van der Waals surface area (Å²) in [5.41, 5.74) is -0.678. The molecule has 1 N–H and O–H groups in total. The normalized spacial score (nSPS) is 29.5. The molecule has 2 saturated heterocycles. The molecule has 0 aromatic carbocycles. The van der Waals surface area contributed by atoms with E-state index in [4.69, 9.17) is 5.11 Å². The first-order valence-corrected chi connectivity index (χ1v) is 6.75. The predicted molar refractivity (Wildman–Crippen MR) is 67.2 cm³/mol. The monoisotopic (exact) mass is 254 g/mol. The van der Waals surface area contributed by atoms with Gasteiger partial charge in [-0.3, -0.25) is 14.5 Å². The smallest absolute Gasteiger partial charge is 0.310 e. The number of likely N-dealkylation sites (tertiary alicyclic amines) is 2. The fourth-order valence-corrected chi connectivity index (χ4v) is 2.80. The van der Waals surface area contributed by atoms with Gasteiger partial charge in [-0.15, -0.1) is 0 Å². The third-order valence-corrected chi connectivity index (χ3v) is 4.14. The summed E-state index contributed by atoms with van der Waals surface area (Å²) >= 11 is 0. The van der Waals surface area contributed by atoms with Gasteiger partial charge >= 0.3 is 5.97 Å². The molecule has 0 radical (unpaired) electrons. The molecule has 5 heteroatoms. The molecule has 0 saturated carbocycles. The van der Waals surface area contributed by atoms with Gasteiger partial charge in [0.1, 0.15) is 0 Å². The number of aliphatic carboxylic acids is 1. The van der Waals surface area contributed by atoms with Crippen LogP contribution < -0.4 is 0 Å². The van der Waals surface area contributed by atoms with E-state index < -0.39 is 11.4 Å². The van der Waals surface area contributed by atoms with E-state index in [0.717, 1.165) is 25.9 Å². The molecular formula is C13H22N2O3. The molecule has 0 bridgehead atoms. The van der Waals surface area contributed by atoms with Crippen LogP contribution in [0.2, 0.25) is 0 Å². The van der Waals surface area contributed by atoms with Crippen LogP contribution in [0.5, 0.6) is 0 Å². The minimum absolute atomic E-state index is 0.157. The standard InChI is InChI=1S/C13H22N2O3/c1-13(12(17)18)5-8-14(10-13)9-11(16)15-6-3-2-4-7-15/h2-10H2,1H3,(H,17,18). The lowest BCUT2D eigenvalue weighted by Crippen LogP contribution is -2.43. The molecule has 1 unspecified atom stereocenters. The third kappa shape index (κ3) is 2.83. The zero-order chi connectivity index (χ0) is 13.2. The summed E-state index contributed by atoms with van der Waals surface area (Å²) in [5, 5.41) is 9.15. The van der Waals surface area contributed by atoms with Crippen molar-refractivity contribution in [3.05, 3.63) is 0 Å². The number of hydrogen-bond donors (Lipinski definition) is 1. The molecule has 2 aliphatic rings. The topological polar surface area (TPSA) is 60.9 Å². The van der Waals surface area contributed by atoms with Gasteiger partial charge in [0, 0.05) is 19.6 Å². The molecule has 1 amide bonds. The lowest BCUT2D eigenvalue weighted by atomic mass is 9.90. The molecule has 2 fully saturated rings. The Morgan fingerprint density at radius 1 is 1.17 bits per heavy atom. The highest BCUT2D eigenvalue weighted by molar-refractivity contribution is 5.79. The summed E-state index contributed by atoms with van der Waals surface area (Å²) in [7, 11) is 0. The van der Waals surface area contributed by atoms with Gasteiger partial charge in [-0.1, -0.05) is 0 Å². The van der Waals surface area contributed by atoms with Crippen molar-refractivity contribution in [2.24, 2.45) is 5.41 Å². The fourth-order valence-electron chi connectivity index (χ4n) is 2.80.